The highest BCUT2D eigenvalue weighted by molar-refractivity contribution is 6.18. The fourth-order valence-electron chi connectivity index (χ4n) is 2.05. The molecule has 1 heteroatoms. The summed E-state index contributed by atoms with van der Waals surface area (Å²) in [5.41, 5.74) is 0.510. The zero-order valence-corrected chi connectivity index (χ0v) is 8.62. The van der Waals surface area contributed by atoms with Crippen LogP contribution in [0.4, 0.5) is 0 Å². The van der Waals surface area contributed by atoms with Crippen LogP contribution >= 0.6 is 11.6 Å². The van der Waals surface area contributed by atoms with E-state index in [1.165, 1.54) is 19.3 Å². The molecule has 0 aromatic heterocycles. The highest BCUT2D eigenvalue weighted by Crippen LogP contribution is 2.50. The molecule has 0 N–H and O–H groups in total. The molecule has 1 fully saturated rings. The van der Waals surface area contributed by atoms with Crippen molar-refractivity contribution in [3.63, 3.8) is 0 Å². The smallest absolute Gasteiger partial charge is 0.0282 e. The summed E-state index contributed by atoms with van der Waals surface area (Å²) in [6, 6.07) is 0. The zero-order valence-electron chi connectivity index (χ0n) is 7.86. The van der Waals surface area contributed by atoms with Crippen LogP contribution in [0.15, 0.2) is 0 Å². The Bertz CT molecular complexity index is 119. The van der Waals surface area contributed by atoms with E-state index >= 15 is 0 Å². The van der Waals surface area contributed by atoms with E-state index in [-0.39, 0.29) is 0 Å². The molecule has 0 aromatic carbocycles. The lowest BCUT2D eigenvalue weighted by Gasteiger charge is -2.47. The van der Waals surface area contributed by atoms with Gasteiger partial charge in [0.1, 0.15) is 0 Å². The SMILES string of the molecule is CC(C)C(C)C1(CCl)CCC1. The zero-order chi connectivity index (χ0) is 8.48. The Balaban J connectivity index is 2.54. The average molecular weight is 175 g/mol. The van der Waals surface area contributed by atoms with Gasteiger partial charge in [0, 0.05) is 5.88 Å². The minimum absolute atomic E-state index is 0.510. The number of halogens is 1. The van der Waals surface area contributed by atoms with Gasteiger partial charge in [-0.15, -0.1) is 11.6 Å². The van der Waals surface area contributed by atoms with Gasteiger partial charge >= 0.3 is 0 Å². The number of hydrogen-bond acceptors (Lipinski definition) is 0. The maximum Gasteiger partial charge on any atom is 0.0282 e. The third-order valence-corrected chi connectivity index (χ3v) is 4.11. The molecule has 1 rings (SSSR count). The minimum atomic E-state index is 0.510. The molecular weight excluding hydrogens is 156 g/mol. The van der Waals surface area contributed by atoms with Gasteiger partial charge in [-0.3, -0.25) is 0 Å². The van der Waals surface area contributed by atoms with Crippen LogP contribution in [0.1, 0.15) is 40.0 Å². The van der Waals surface area contributed by atoms with Crippen molar-refractivity contribution in [2.45, 2.75) is 40.0 Å². The predicted molar refractivity (Wildman–Crippen MR) is 51.0 cm³/mol. The highest BCUT2D eigenvalue weighted by atomic mass is 35.5. The Morgan fingerprint density at radius 3 is 1.91 bits per heavy atom. The lowest BCUT2D eigenvalue weighted by molar-refractivity contribution is 0.0575. The van der Waals surface area contributed by atoms with Crippen molar-refractivity contribution in [2.75, 3.05) is 5.88 Å². The van der Waals surface area contributed by atoms with E-state index in [0.29, 0.717) is 5.41 Å². The Kier molecular flexibility index (Phi) is 2.85. The first-order valence-electron chi connectivity index (χ1n) is 4.68. The number of rotatable bonds is 3. The van der Waals surface area contributed by atoms with E-state index in [2.05, 4.69) is 20.8 Å². The van der Waals surface area contributed by atoms with Crippen LogP contribution in [0.2, 0.25) is 0 Å². The molecule has 0 amide bonds. The van der Waals surface area contributed by atoms with Crippen molar-refractivity contribution in [2.24, 2.45) is 17.3 Å². The molecule has 1 aliphatic carbocycles. The van der Waals surface area contributed by atoms with Gasteiger partial charge in [0.15, 0.2) is 0 Å². The fraction of sp³-hybridized carbons (Fsp3) is 1.00. The van der Waals surface area contributed by atoms with Crippen LogP contribution in [-0.2, 0) is 0 Å². The molecule has 1 unspecified atom stereocenters. The molecule has 0 aliphatic heterocycles. The Morgan fingerprint density at radius 2 is 1.82 bits per heavy atom. The second kappa shape index (κ2) is 3.35. The largest absolute Gasteiger partial charge is 0.126 e. The van der Waals surface area contributed by atoms with Crippen LogP contribution in [0.3, 0.4) is 0 Å². The Morgan fingerprint density at radius 1 is 1.27 bits per heavy atom. The summed E-state index contributed by atoms with van der Waals surface area (Å²) in [6.45, 7) is 6.96. The normalized spacial score (nSPS) is 24.8. The van der Waals surface area contributed by atoms with E-state index in [9.17, 15) is 0 Å². The highest BCUT2D eigenvalue weighted by Gasteiger charge is 2.41. The van der Waals surface area contributed by atoms with E-state index in [1.54, 1.807) is 0 Å². The molecule has 0 saturated heterocycles. The summed E-state index contributed by atoms with van der Waals surface area (Å²) in [5.74, 6) is 2.45. The second-order valence-corrected chi connectivity index (χ2v) is 4.65. The van der Waals surface area contributed by atoms with Gasteiger partial charge in [0.05, 0.1) is 0 Å². The molecule has 0 aromatic rings. The van der Waals surface area contributed by atoms with Gasteiger partial charge in [-0.05, 0) is 30.1 Å². The van der Waals surface area contributed by atoms with Gasteiger partial charge in [-0.25, -0.2) is 0 Å². The van der Waals surface area contributed by atoms with Crippen LogP contribution in [-0.4, -0.2) is 5.88 Å². The molecule has 1 atom stereocenters. The van der Waals surface area contributed by atoms with Crippen molar-refractivity contribution in [1.29, 1.82) is 0 Å². The summed E-state index contributed by atoms with van der Waals surface area (Å²) >= 11 is 6.00. The number of hydrogen-bond donors (Lipinski definition) is 0. The second-order valence-electron chi connectivity index (χ2n) is 4.38. The van der Waals surface area contributed by atoms with Gasteiger partial charge < -0.3 is 0 Å². The van der Waals surface area contributed by atoms with Gasteiger partial charge in [-0.2, -0.15) is 0 Å². The molecule has 0 heterocycles. The fourth-order valence-corrected chi connectivity index (χ4v) is 2.56. The van der Waals surface area contributed by atoms with E-state index in [1.807, 2.05) is 0 Å². The third kappa shape index (κ3) is 1.56. The van der Waals surface area contributed by atoms with E-state index in [4.69, 9.17) is 11.6 Å². The summed E-state index contributed by atoms with van der Waals surface area (Å²) < 4.78 is 0. The lowest BCUT2D eigenvalue weighted by atomic mass is 9.60. The summed E-state index contributed by atoms with van der Waals surface area (Å²) in [4.78, 5) is 0. The maximum atomic E-state index is 6.00. The molecule has 1 saturated carbocycles. The quantitative estimate of drug-likeness (QED) is 0.573. The number of alkyl halides is 1. The molecule has 0 nitrogen and oxygen atoms in total. The van der Waals surface area contributed by atoms with Crippen LogP contribution in [0, 0.1) is 17.3 Å². The molecular formula is C10H19Cl. The van der Waals surface area contributed by atoms with Crippen molar-refractivity contribution in [3.8, 4) is 0 Å². The molecule has 0 radical (unpaired) electrons. The minimum Gasteiger partial charge on any atom is -0.126 e. The molecule has 0 bridgehead atoms. The first-order valence-corrected chi connectivity index (χ1v) is 5.22. The summed E-state index contributed by atoms with van der Waals surface area (Å²) in [7, 11) is 0. The van der Waals surface area contributed by atoms with Crippen LogP contribution < -0.4 is 0 Å². The first-order chi connectivity index (χ1) is 5.12. The van der Waals surface area contributed by atoms with E-state index in [0.717, 1.165) is 17.7 Å². The van der Waals surface area contributed by atoms with Gasteiger partial charge in [-0.1, -0.05) is 27.2 Å². The van der Waals surface area contributed by atoms with Gasteiger partial charge in [0.25, 0.3) is 0 Å². The average Bonchev–Trinajstić information content (AvgIpc) is 1.86. The Labute approximate surface area is 75.3 Å². The standard InChI is InChI=1S/C10H19Cl/c1-8(2)9(3)10(7-11)5-4-6-10/h8-9H,4-7H2,1-3H3. The third-order valence-electron chi connectivity index (χ3n) is 3.58. The van der Waals surface area contributed by atoms with E-state index < -0.39 is 0 Å². The Hall–Kier alpha value is 0.290. The van der Waals surface area contributed by atoms with Crippen molar-refractivity contribution in [1.82, 2.24) is 0 Å². The monoisotopic (exact) mass is 174 g/mol. The molecule has 66 valence electrons. The molecule has 0 spiro atoms. The topological polar surface area (TPSA) is 0 Å². The maximum absolute atomic E-state index is 6.00. The lowest BCUT2D eigenvalue weighted by Crippen LogP contribution is -2.40. The summed E-state index contributed by atoms with van der Waals surface area (Å²) in [6.07, 6.45) is 4.11. The molecule has 1 aliphatic rings. The van der Waals surface area contributed by atoms with Crippen molar-refractivity contribution < 1.29 is 0 Å². The summed E-state index contributed by atoms with van der Waals surface area (Å²) in [5, 5.41) is 0. The predicted octanol–water partition coefficient (Wildman–Crippen LogP) is 3.69. The molecule has 11 heavy (non-hydrogen) atoms. The van der Waals surface area contributed by atoms with Crippen molar-refractivity contribution in [3.05, 3.63) is 0 Å². The van der Waals surface area contributed by atoms with Crippen LogP contribution in [0.5, 0.6) is 0 Å². The van der Waals surface area contributed by atoms with Gasteiger partial charge in [0.2, 0.25) is 0 Å². The van der Waals surface area contributed by atoms with Crippen molar-refractivity contribution >= 4 is 11.6 Å². The van der Waals surface area contributed by atoms with Crippen LogP contribution in [0.25, 0.3) is 0 Å². The first kappa shape index (κ1) is 9.38.